The number of hydrogen-bond acceptors (Lipinski definition) is 3. The first-order valence-electron chi connectivity index (χ1n) is 8.43. The molecule has 0 radical (unpaired) electrons. The van der Waals surface area contributed by atoms with Crippen LogP contribution in [-0.4, -0.2) is 48.4 Å². The van der Waals surface area contributed by atoms with Crippen LogP contribution in [0.4, 0.5) is 14.5 Å². The van der Waals surface area contributed by atoms with Crippen molar-refractivity contribution >= 4 is 27.5 Å². The van der Waals surface area contributed by atoms with E-state index in [-0.39, 0.29) is 24.1 Å². The van der Waals surface area contributed by atoms with Crippen molar-refractivity contribution in [3.05, 3.63) is 64.1 Å². The maximum absolute atomic E-state index is 13.2. The fraction of sp³-hybridized carbons (Fsp3) is 0.316. The van der Waals surface area contributed by atoms with E-state index in [1.54, 1.807) is 18.2 Å². The summed E-state index contributed by atoms with van der Waals surface area (Å²) in [5.41, 5.74) is 1.51. The number of nitrogens with zero attached hydrogens (tertiary/aromatic N) is 2. The predicted octanol–water partition coefficient (Wildman–Crippen LogP) is 3.48. The van der Waals surface area contributed by atoms with Crippen LogP contribution in [0, 0.1) is 11.6 Å². The van der Waals surface area contributed by atoms with Crippen LogP contribution < -0.4 is 5.32 Å². The molecule has 0 unspecified atom stereocenters. The van der Waals surface area contributed by atoms with Crippen molar-refractivity contribution < 1.29 is 13.6 Å². The average molecular weight is 424 g/mol. The van der Waals surface area contributed by atoms with Crippen molar-refractivity contribution in [2.24, 2.45) is 0 Å². The summed E-state index contributed by atoms with van der Waals surface area (Å²) in [6.45, 7) is 4.23. The van der Waals surface area contributed by atoms with Crippen molar-refractivity contribution in [1.29, 1.82) is 0 Å². The lowest BCUT2D eigenvalue weighted by atomic mass is 10.2. The molecule has 0 spiro atoms. The molecule has 1 N–H and O–H groups in total. The third-order valence-electron chi connectivity index (χ3n) is 4.35. The Bertz CT molecular complexity index is 779. The van der Waals surface area contributed by atoms with Crippen LogP contribution in [0.1, 0.15) is 5.56 Å². The molecule has 26 heavy (non-hydrogen) atoms. The van der Waals surface area contributed by atoms with E-state index in [9.17, 15) is 13.6 Å². The lowest BCUT2D eigenvalue weighted by Gasteiger charge is -2.34. The van der Waals surface area contributed by atoms with Gasteiger partial charge in [0.25, 0.3) is 0 Å². The van der Waals surface area contributed by atoms with Crippen molar-refractivity contribution in [3.8, 4) is 0 Å². The van der Waals surface area contributed by atoms with Crippen LogP contribution in [-0.2, 0) is 11.3 Å². The highest BCUT2D eigenvalue weighted by molar-refractivity contribution is 9.10. The lowest BCUT2D eigenvalue weighted by molar-refractivity contribution is -0.117. The van der Waals surface area contributed by atoms with E-state index in [4.69, 9.17) is 0 Å². The molecule has 4 nitrogen and oxygen atoms in total. The largest absolute Gasteiger partial charge is 0.325 e. The Morgan fingerprint density at radius 3 is 2.38 bits per heavy atom. The molecule has 1 fully saturated rings. The van der Waals surface area contributed by atoms with E-state index in [2.05, 4.69) is 31.0 Å². The number of benzene rings is 2. The van der Waals surface area contributed by atoms with Gasteiger partial charge in [-0.3, -0.25) is 14.6 Å². The number of amides is 1. The van der Waals surface area contributed by atoms with E-state index in [1.807, 2.05) is 0 Å². The molecule has 0 aliphatic carbocycles. The molecule has 7 heteroatoms. The summed E-state index contributed by atoms with van der Waals surface area (Å²) >= 11 is 3.40. The van der Waals surface area contributed by atoms with Gasteiger partial charge in [-0.05, 0) is 35.9 Å². The SMILES string of the molecule is O=C(CN1CCN(Cc2ccc(F)cc2Br)CC1)Nc1cccc(F)c1. The van der Waals surface area contributed by atoms with Gasteiger partial charge >= 0.3 is 0 Å². The molecule has 0 bridgehead atoms. The number of anilines is 1. The summed E-state index contributed by atoms with van der Waals surface area (Å²) in [7, 11) is 0. The Morgan fingerprint density at radius 2 is 1.69 bits per heavy atom. The second-order valence-electron chi connectivity index (χ2n) is 6.35. The number of piperazine rings is 1. The first-order chi connectivity index (χ1) is 12.5. The average Bonchev–Trinajstić information content (AvgIpc) is 2.59. The van der Waals surface area contributed by atoms with E-state index in [1.165, 1.54) is 24.3 Å². The standard InChI is InChI=1S/C19H20BrF2N3O/c20-18-11-16(22)5-4-14(18)12-24-6-8-25(9-7-24)13-19(26)23-17-3-1-2-15(21)10-17/h1-5,10-11H,6-9,12-13H2,(H,23,26). The van der Waals surface area contributed by atoms with Crippen molar-refractivity contribution in [1.82, 2.24) is 9.80 Å². The van der Waals surface area contributed by atoms with Crippen LogP contribution in [0.15, 0.2) is 46.9 Å². The molecular weight excluding hydrogens is 404 g/mol. The Balaban J connectivity index is 1.45. The molecule has 1 aliphatic rings. The molecule has 0 atom stereocenters. The molecule has 1 saturated heterocycles. The quantitative estimate of drug-likeness (QED) is 0.799. The highest BCUT2D eigenvalue weighted by Gasteiger charge is 2.19. The summed E-state index contributed by atoms with van der Waals surface area (Å²) in [5.74, 6) is -0.775. The van der Waals surface area contributed by atoms with Gasteiger partial charge in [-0.15, -0.1) is 0 Å². The maximum Gasteiger partial charge on any atom is 0.238 e. The Kier molecular flexibility index (Phi) is 6.34. The van der Waals surface area contributed by atoms with Crippen molar-refractivity contribution in [2.45, 2.75) is 6.54 Å². The topological polar surface area (TPSA) is 35.6 Å². The van der Waals surface area contributed by atoms with Crippen LogP contribution >= 0.6 is 15.9 Å². The van der Waals surface area contributed by atoms with E-state index in [0.29, 0.717) is 5.69 Å². The van der Waals surface area contributed by atoms with Crippen LogP contribution in [0.2, 0.25) is 0 Å². The summed E-state index contributed by atoms with van der Waals surface area (Å²) in [4.78, 5) is 16.5. The Morgan fingerprint density at radius 1 is 1.00 bits per heavy atom. The smallest absolute Gasteiger partial charge is 0.238 e. The fourth-order valence-corrected chi connectivity index (χ4v) is 3.44. The molecule has 0 aromatic heterocycles. The second kappa shape index (κ2) is 8.70. The highest BCUT2D eigenvalue weighted by atomic mass is 79.9. The fourth-order valence-electron chi connectivity index (χ4n) is 2.97. The number of halogens is 3. The van der Waals surface area contributed by atoms with E-state index < -0.39 is 0 Å². The van der Waals surface area contributed by atoms with Crippen LogP contribution in [0.3, 0.4) is 0 Å². The summed E-state index contributed by atoms with van der Waals surface area (Å²) in [6.07, 6.45) is 0. The molecule has 1 amide bonds. The molecule has 2 aromatic carbocycles. The van der Waals surface area contributed by atoms with Crippen molar-refractivity contribution in [2.75, 3.05) is 38.0 Å². The van der Waals surface area contributed by atoms with Crippen LogP contribution in [0.5, 0.6) is 0 Å². The Hall–Kier alpha value is -1.83. The van der Waals surface area contributed by atoms with Gasteiger partial charge in [0.2, 0.25) is 5.91 Å². The van der Waals surface area contributed by atoms with Gasteiger partial charge in [-0.2, -0.15) is 0 Å². The van der Waals surface area contributed by atoms with Crippen molar-refractivity contribution in [3.63, 3.8) is 0 Å². The summed E-state index contributed by atoms with van der Waals surface area (Å²) in [5, 5.41) is 2.72. The first-order valence-corrected chi connectivity index (χ1v) is 9.23. The number of nitrogens with one attached hydrogen (secondary N) is 1. The van der Waals surface area contributed by atoms with Crippen LogP contribution in [0.25, 0.3) is 0 Å². The van der Waals surface area contributed by atoms with E-state index >= 15 is 0 Å². The summed E-state index contributed by atoms with van der Waals surface area (Å²) < 4.78 is 27.1. The Labute approximate surface area is 159 Å². The maximum atomic E-state index is 13.2. The van der Waals surface area contributed by atoms with Gasteiger partial charge in [0, 0.05) is 42.9 Å². The molecule has 1 aliphatic heterocycles. The molecule has 138 valence electrons. The lowest BCUT2D eigenvalue weighted by Crippen LogP contribution is -2.48. The highest BCUT2D eigenvalue weighted by Crippen LogP contribution is 2.20. The number of carbonyl (C=O) groups excluding carboxylic acids is 1. The van der Waals surface area contributed by atoms with Gasteiger partial charge in [0.15, 0.2) is 0 Å². The minimum atomic E-state index is -0.372. The third-order valence-corrected chi connectivity index (χ3v) is 5.09. The van der Waals surface area contributed by atoms with Gasteiger partial charge in [0.1, 0.15) is 11.6 Å². The zero-order chi connectivity index (χ0) is 18.5. The third kappa shape index (κ3) is 5.33. The molecule has 2 aromatic rings. The summed E-state index contributed by atoms with van der Waals surface area (Å²) in [6, 6.07) is 10.6. The van der Waals surface area contributed by atoms with Gasteiger partial charge in [0.05, 0.1) is 6.54 Å². The monoisotopic (exact) mass is 423 g/mol. The zero-order valence-electron chi connectivity index (χ0n) is 14.2. The van der Waals surface area contributed by atoms with E-state index in [0.717, 1.165) is 42.8 Å². The number of rotatable bonds is 5. The van der Waals surface area contributed by atoms with Gasteiger partial charge in [-0.25, -0.2) is 8.78 Å². The number of carbonyl (C=O) groups is 1. The molecule has 0 saturated carbocycles. The van der Waals surface area contributed by atoms with Gasteiger partial charge in [-0.1, -0.05) is 28.1 Å². The normalized spacial score (nSPS) is 15.8. The minimum absolute atomic E-state index is 0.148. The molecule has 3 rings (SSSR count). The number of hydrogen-bond donors (Lipinski definition) is 1. The first kappa shape index (κ1) is 18.9. The second-order valence-corrected chi connectivity index (χ2v) is 7.20. The zero-order valence-corrected chi connectivity index (χ0v) is 15.8. The molecular formula is C19H20BrF2N3O. The van der Waals surface area contributed by atoms with Gasteiger partial charge < -0.3 is 5.32 Å². The minimum Gasteiger partial charge on any atom is -0.325 e. The molecule has 1 heterocycles. The predicted molar refractivity (Wildman–Crippen MR) is 101 cm³/mol.